The number of hydrogen-bond acceptors (Lipinski definition) is 8. The second-order valence-corrected chi connectivity index (χ2v) is 14.7. The van der Waals surface area contributed by atoms with Gasteiger partial charge in [-0.2, -0.15) is 0 Å². The number of aryl methyl sites for hydroxylation is 3. The summed E-state index contributed by atoms with van der Waals surface area (Å²) < 4.78 is 18.3. The summed E-state index contributed by atoms with van der Waals surface area (Å²) in [5.41, 5.74) is 6.51. The number of benzene rings is 1. The van der Waals surface area contributed by atoms with Gasteiger partial charge in [-0.25, -0.2) is 9.78 Å². The molecule has 250 valence electrons. The Balaban J connectivity index is 1.68. The van der Waals surface area contributed by atoms with E-state index >= 15 is 0 Å². The number of carbonyl (C=O) groups excluding carboxylic acids is 1. The molecule has 8 heteroatoms. The van der Waals surface area contributed by atoms with E-state index in [9.17, 15) is 4.79 Å². The summed E-state index contributed by atoms with van der Waals surface area (Å²) in [5.74, 6) is 1.33. The van der Waals surface area contributed by atoms with Gasteiger partial charge in [0.25, 0.3) is 0 Å². The first kappa shape index (κ1) is 35.2. The van der Waals surface area contributed by atoms with Crippen molar-refractivity contribution < 1.29 is 19.0 Å². The van der Waals surface area contributed by atoms with E-state index in [2.05, 4.69) is 55.7 Å². The minimum Gasteiger partial charge on any atom is -0.492 e. The van der Waals surface area contributed by atoms with Crippen LogP contribution in [-0.4, -0.2) is 60.9 Å². The van der Waals surface area contributed by atoms with Crippen molar-refractivity contribution in [1.82, 2.24) is 9.97 Å². The molecule has 0 unspecified atom stereocenters. The fraction of sp³-hybridized carbons (Fsp3) is 0.553. The number of ether oxygens (including phenoxy) is 3. The van der Waals surface area contributed by atoms with Crippen molar-refractivity contribution in [2.45, 2.75) is 99.9 Å². The molecule has 1 aliphatic rings. The fourth-order valence-corrected chi connectivity index (χ4v) is 5.67. The molecule has 1 fully saturated rings. The molecule has 46 heavy (non-hydrogen) atoms. The van der Waals surface area contributed by atoms with Gasteiger partial charge in [0.1, 0.15) is 18.2 Å². The highest BCUT2D eigenvalue weighted by Gasteiger charge is 2.37. The number of esters is 1. The Labute approximate surface area is 276 Å². The first-order chi connectivity index (χ1) is 21.5. The summed E-state index contributed by atoms with van der Waals surface area (Å²) >= 11 is 0. The summed E-state index contributed by atoms with van der Waals surface area (Å²) in [7, 11) is 2.02. The number of nitrogens with zero attached hydrogens (tertiary/aromatic N) is 4. The molecule has 0 aliphatic carbocycles. The first-order valence-electron chi connectivity index (χ1n) is 16.5. The molecule has 0 radical (unpaired) electrons. The highest BCUT2D eigenvalue weighted by atomic mass is 16.6. The zero-order chi connectivity index (χ0) is 33.8. The predicted octanol–water partition coefficient (Wildman–Crippen LogP) is 8.02. The molecule has 1 atom stereocenters. The van der Waals surface area contributed by atoms with Crippen LogP contribution in [0.2, 0.25) is 0 Å². The van der Waals surface area contributed by atoms with Gasteiger partial charge in [0.15, 0.2) is 6.10 Å². The third-order valence-electron chi connectivity index (χ3n) is 8.64. The molecule has 1 saturated heterocycles. The van der Waals surface area contributed by atoms with Crippen LogP contribution in [0.1, 0.15) is 89.8 Å². The molecule has 0 amide bonds. The molecule has 8 nitrogen and oxygen atoms in total. The largest absolute Gasteiger partial charge is 0.492 e. The highest BCUT2D eigenvalue weighted by Crippen LogP contribution is 2.43. The fourth-order valence-electron chi connectivity index (χ4n) is 5.67. The quantitative estimate of drug-likeness (QED) is 0.197. The van der Waals surface area contributed by atoms with Crippen molar-refractivity contribution in [1.29, 1.82) is 0 Å². The summed E-state index contributed by atoms with van der Waals surface area (Å²) in [6.07, 6.45) is 4.70. The molecular formula is C38H54N4O4. The molecule has 3 heterocycles. The number of rotatable bonds is 11. The molecule has 3 aromatic rings. The number of anilines is 2. The van der Waals surface area contributed by atoms with E-state index in [-0.39, 0.29) is 11.5 Å². The van der Waals surface area contributed by atoms with E-state index in [0.717, 1.165) is 65.6 Å². The lowest BCUT2D eigenvalue weighted by Crippen LogP contribution is -2.39. The number of pyridine rings is 2. The van der Waals surface area contributed by atoms with Crippen LogP contribution < -0.4 is 14.5 Å². The molecule has 4 rings (SSSR count). The van der Waals surface area contributed by atoms with Gasteiger partial charge in [-0.15, -0.1) is 0 Å². The van der Waals surface area contributed by atoms with E-state index in [1.165, 1.54) is 11.1 Å². The topological polar surface area (TPSA) is 77.0 Å². The van der Waals surface area contributed by atoms with E-state index in [4.69, 9.17) is 24.2 Å². The van der Waals surface area contributed by atoms with Gasteiger partial charge in [0, 0.05) is 54.9 Å². The Hall–Kier alpha value is -3.65. The lowest BCUT2D eigenvalue weighted by Gasteiger charge is -2.41. The normalized spacial score (nSPS) is 15.5. The Morgan fingerprint density at radius 3 is 2.28 bits per heavy atom. The van der Waals surface area contributed by atoms with Crippen LogP contribution in [0.25, 0.3) is 11.1 Å². The zero-order valence-corrected chi connectivity index (χ0v) is 29.9. The zero-order valence-electron chi connectivity index (χ0n) is 29.9. The standard InChI is InChI=1S/C38H54N4O4/c1-25(2)45-36(43)35(46-37(6,7)8)33-28(5)39-24-31(34(33)42-18-16-38(9,10)17-19-42)29-13-15-32(40-23-29)41(11)20-21-44-30-14-12-26(3)27(4)22-30/h12-15,22-25,35H,16-21H2,1-11H3/t35-/m0/s1. The van der Waals surface area contributed by atoms with E-state index in [1.54, 1.807) is 0 Å². The Bertz CT molecular complexity index is 1480. The maximum atomic E-state index is 13.7. The van der Waals surface area contributed by atoms with Gasteiger partial charge in [0.2, 0.25) is 0 Å². The Kier molecular flexibility index (Phi) is 11.0. The van der Waals surface area contributed by atoms with Crippen molar-refractivity contribution in [3.05, 3.63) is 65.1 Å². The monoisotopic (exact) mass is 630 g/mol. The molecule has 1 aromatic carbocycles. The van der Waals surface area contributed by atoms with E-state index < -0.39 is 17.7 Å². The number of likely N-dealkylation sites (N-methyl/N-ethyl adjacent to an activating group) is 1. The van der Waals surface area contributed by atoms with E-state index in [0.29, 0.717) is 13.2 Å². The molecule has 0 N–H and O–H groups in total. The number of carbonyl (C=O) groups is 1. The second-order valence-electron chi connectivity index (χ2n) is 14.7. The van der Waals surface area contributed by atoms with E-state index in [1.807, 2.05) is 73.1 Å². The summed E-state index contributed by atoms with van der Waals surface area (Å²) in [5, 5.41) is 0. The lowest BCUT2D eigenvalue weighted by atomic mass is 9.82. The van der Waals surface area contributed by atoms with Crippen molar-refractivity contribution in [2.24, 2.45) is 5.41 Å². The van der Waals surface area contributed by atoms with Crippen LogP contribution in [0.3, 0.4) is 0 Å². The molecule has 0 bridgehead atoms. The van der Waals surface area contributed by atoms with Gasteiger partial charge in [0.05, 0.1) is 23.9 Å². The maximum absolute atomic E-state index is 13.7. The number of piperidine rings is 1. The Morgan fingerprint density at radius 1 is 1.00 bits per heavy atom. The molecule has 0 spiro atoms. The number of aromatic nitrogens is 2. The minimum absolute atomic E-state index is 0.257. The maximum Gasteiger partial charge on any atom is 0.340 e. The molecule has 2 aromatic heterocycles. The Morgan fingerprint density at radius 2 is 1.70 bits per heavy atom. The SMILES string of the molecule is Cc1ccc(OCCN(C)c2ccc(-c3cnc(C)c([C@H](OC(C)(C)C)C(=O)OC(C)C)c3N3CCC(C)(C)CC3)cn2)cc1C. The number of hydrogen-bond donors (Lipinski definition) is 0. The van der Waals surface area contributed by atoms with Gasteiger partial charge in [-0.3, -0.25) is 4.98 Å². The first-order valence-corrected chi connectivity index (χ1v) is 16.5. The van der Waals surface area contributed by atoms with Crippen LogP contribution in [0.4, 0.5) is 11.5 Å². The van der Waals surface area contributed by atoms with Gasteiger partial charge >= 0.3 is 5.97 Å². The van der Waals surface area contributed by atoms with Crippen LogP contribution in [-0.2, 0) is 14.3 Å². The van der Waals surface area contributed by atoms with Crippen molar-refractivity contribution in [3.63, 3.8) is 0 Å². The average molecular weight is 631 g/mol. The van der Waals surface area contributed by atoms with Gasteiger partial charge in [-0.05, 0) is 109 Å². The van der Waals surface area contributed by atoms with Crippen molar-refractivity contribution in [2.75, 3.05) is 43.1 Å². The van der Waals surface area contributed by atoms with Crippen molar-refractivity contribution >= 4 is 17.5 Å². The molecule has 0 saturated carbocycles. The van der Waals surface area contributed by atoms with Gasteiger partial charge in [-0.1, -0.05) is 19.9 Å². The summed E-state index contributed by atoms with van der Waals surface area (Å²) in [4.78, 5) is 27.8. The van der Waals surface area contributed by atoms with Crippen LogP contribution >= 0.6 is 0 Å². The smallest absolute Gasteiger partial charge is 0.340 e. The third kappa shape index (κ3) is 8.99. The third-order valence-corrected chi connectivity index (χ3v) is 8.64. The second kappa shape index (κ2) is 14.4. The van der Waals surface area contributed by atoms with Crippen LogP contribution in [0.5, 0.6) is 5.75 Å². The highest BCUT2D eigenvalue weighted by molar-refractivity contribution is 5.87. The summed E-state index contributed by atoms with van der Waals surface area (Å²) in [6, 6.07) is 10.3. The van der Waals surface area contributed by atoms with Crippen molar-refractivity contribution in [3.8, 4) is 16.9 Å². The minimum atomic E-state index is -0.921. The summed E-state index contributed by atoms with van der Waals surface area (Å²) in [6.45, 7) is 23.4. The van der Waals surface area contributed by atoms with Crippen LogP contribution in [0.15, 0.2) is 42.7 Å². The van der Waals surface area contributed by atoms with Gasteiger partial charge < -0.3 is 24.0 Å². The predicted molar refractivity (Wildman–Crippen MR) is 187 cm³/mol. The molecule has 1 aliphatic heterocycles. The average Bonchev–Trinajstić information content (AvgIpc) is 2.97. The lowest BCUT2D eigenvalue weighted by molar-refractivity contribution is -0.171. The van der Waals surface area contributed by atoms with Crippen LogP contribution in [0, 0.1) is 26.2 Å². The molecular weight excluding hydrogens is 576 g/mol.